The number of aromatic nitrogens is 3. The molecule has 0 N–H and O–H groups in total. The highest BCUT2D eigenvalue weighted by Gasteiger charge is 2.08. The molecule has 0 aliphatic carbocycles. The average molecular weight is 238 g/mol. The molecule has 84 valence electrons. The normalized spacial score (nSPS) is 10.6. The maximum atomic E-state index is 5.60. The fraction of sp³-hybridized carbons (Fsp3) is 0.364. The summed E-state index contributed by atoms with van der Waals surface area (Å²) in [5.41, 5.74) is 1.92. The molecule has 0 saturated carbocycles. The molecule has 0 saturated heterocycles. The number of rotatable bonds is 4. The Kier molecular flexibility index (Phi) is 3.51. The standard InChI is InChI=1S/C11H12ClN3O/c1-8-5-9(7-13-6-8)11-15-14-10(16-11)3-2-4-12/h5-7H,2-4H2,1H3. The summed E-state index contributed by atoms with van der Waals surface area (Å²) in [4.78, 5) is 4.08. The van der Waals surface area contributed by atoms with Gasteiger partial charge in [0.25, 0.3) is 0 Å². The Hall–Kier alpha value is -1.42. The number of hydrogen-bond acceptors (Lipinski definition) is 4. The molecular formula is C11H12ClN3O. The first-order valence-electron chi connectivity index (χ1n) is 5.10. The van der Waals surface area contributed by atoms with Crippen molar-refractivity contribution in [2.45, 2.75) is 19.8 Å². The van der Waals surface area contributed by atoms with Crippen LogP contribution in [0.25, 0.3) is 11.5 Å². The fourth-order valence-corrected chi connectivity index (χ4v) is 1.49. The predicted octanol–water partition coefficient (Wildman–Crippen LogP) is 2.61. The van der Waals surface area contributed by atoms with Crippen molar-refractivity contribution in [1.29, 1.82) is 0 Å². The minimum absolute atomic E-state index is 0.515. The molecule has 4 nitrogen and oxygen atoms in total. The molecule has 0 amide bonds. The molecule has 0 aliphatic rings. The first-order valence-corrected chi connectivity index (χ1v) is 5.63. The summed E-state index contributed by atoms with van der Waals surface area (Å²) >= 11 is 5.60. The molecule has 0 aliphatic heterocycles. The monoisotopic (exact) mass is 237 g/mol. The summed E-state index contributed by atoms with van der Waals surface area (Å²) in [6, 6.07) is 1.96. The minimum Gasteiger partial charge on any atom is -0.421 e. The van der Waals surface area contributed by atoms with Crippen molar-refractivity contribution in [2.24, 2.45) is 0 Å². The number of alkyl halides is 1. The maximum Gasteiger partial charge on any atom is 0.249 e. The van der Waals surface area contributed by atoms with Crippen LogP contribution in [0.4, 0.5) is 0 Å². The number of halogens is 1. The van der Waals surface area contributed by atoms with E-state index in [1.165, 1.54) is 0 Å². The van der Waals surface area contributed by atoms with Crippen LogP contribution in [0, 0.1) is 6.92 Å². The van der Waals surface area contributed by atoms with Crippen molar-refractivity contribution in [3.63, 3.8) is 0 Å². The van der Waals surface area contributed by atoms with Gasteiger partial charge in [0.1, 0.15) is 0 Å². The topological polar surface area (TPSA) is 51.8 Å². The number of hydrogen-bond donors (Lipinski definition) is 0. The van der Waals surface area contributed by atoms with Crippen LogP contribution in [0.1, 0.15) is 17.9 Å². The quantitative estimate of drug-likeness (QED) is 0.767. The highest BCUT2D eigenvalue weighted by Crippen LogP contribution is 2.18. The lowest BCUT2D eigenvalue weighted by atomic mass is 10.2. The van der Waals surface area contributed by atoms with Crippen LogP contribution in [0.5, 0.6) is 0 Å². The molecule has 0 fully saturated rings. The second-order valence-electron chi connectivity index (χ2n) is 3.54. The van der Waals surface area contributed by atoms with Crippen molar-refractivity contribution in [3.8, 4) is 11.5 Å². The van der Waals surface area contributed by atoms with Crippen LogP contribution < -0.4 is 0 Å². The molecule has 5 heteroatoms. The van der Waals surface area contributed by atoms with Gasteiger partial charge in [-0.15, -0.1) is 21.8 Å². The Morgan fingerprint density at radius 2 is 2.19 bits per heavy atom. The van der Waals surface area contributed by atoms with E-state index in [-0.39, 0.29) is 0 Å². The number of nitrogens with zero attached hydrogens (tertiary/aromatic N) is 3. The zero-order valence-corrected chi connectivity index (χ0v) is 9.74. The minimum atomic E-state index is 0.515. The third-order valence-corrected chi connectivity index (χ3v) is 2.38. The molecular weight excluding hydrogens is 226 g/mol. The van der Waals surface area contributed by atoms with Gasteiger partial charge in [0.05, 0.1) is 5.56 Å². The van der Waals surface area contributed by atoms with E-state index in [0.29, 0.717) is 17.7 Å². The van der Waals surface area contributed by atoms with Gasteiger partial charge in [0, 0.05) is 24.7 Å². The van der Waals surface area contributed by atoms with E-state index in [0.717, 1.165) is 24.0 Å². The number of aryl methyl sites for hydroxylation is 2. The van der Waals surface area contributed by atoms with E-state index in [1.807, 2.05) is 13.0 Å². The van der Waals surface area contributed by atoms with E-state index >= 15 is 0 Å². The molecule has 0 radical (unpaired) electrons. The summed E-state index contributed by atoms with van der Waals surface area (Å²) in [5.74, 6) is 1.74. The summed E-state index contributed by atoms with van der Waals surface area (Å²) in [5, 5.41) is 7.94. The Labute approximate surface area is 98.7 Å². The van der Waals surface area contributed by atoms with E-state index < -0.39 is 0 Å². The molecule has 2 aromatic rings. The maximum absolute atomic E-state index is 5.60. The summed E-state index contributed by atoms with van der Waals surface area (Å²) in [6.45, 7) is 1.97. The van der Waals surface area contributed by atoms with E-state index in [9.17, 15) is 0 Å². The van der Waals surface area contributed by atoms with Crippen LogP contribution in [0.3, 0.4) is 0 Å². The van der Waals surface area contributed by atoms with Crippen molar-refractivity contribution in [1.82, 2.24) is 15.2 Å². The van der Waals surface area contributed by atoms with Gasteiger partial charge in [-0.3, -0.25) is 4.98 Å². The van der Waals surface area contributed by atoms with Crippen molar-refractivity contribution >= 4 is 11.6 Å². The number of pyridine rings is 1. The smallest absolute Gasteiger partial charge is 0.249 e. The third kappa shape index (κ3) is 2.58. The van der Waals surface area contributed by atoms with Gasteiger partial charge in [-0.05, 0) is 25.0 Å². The molecule has 2 aromatic heterocycles. The van der Waals surface area contributed by atoms with E-state index in [1.54, 1.807) is 12.4 Å². The molecule has 0 bridgehead atoms. The van der Waals surface area contributed by atoms with Gasteiger partial charge in [-0.2, -0.15) is 0 Å². The first kappa shape index (κ1) is 11.1. The van der Waals surface area contributed by atoms with Crippen LogP contribution in [-0.2, 0) is 6.42 Å². The van der Waals surface area contributed by atoms with Gasteiger partial charge in [-0.25, -0.2) is 0 Å². The van der Waals surface area contributed by atoms with E-state index in [2.05, 4.69) is 15.2 Å². The van der Waals surface area contributed by atoms with E-state index in [4.69, 9.17) is 16.0 Å². The van der Waals surface area contributed by atoms with Crippen LogP contribution in [0.15, 0.2) is 22.9 Å². The summed E-state index contributed by atoms with van der Waals surface area (Å²) in [7, 11) is 0. The predicted molar refractivity (Wildman–Crippen MR) is 61.3 cm³/mol. The zero-order chi connectivity index (χ0) is 11.4. The average Bonchev–Trinajstić information content (AvgIpc) is 2.75. The highest BCUT2D eigenvalue weighted by molar-refractivity contribution is 6.17. The molecule has 0 spiro atoms. The molecule has 2 heterocycles. The molecule has 0 atom stereocenters. The highest BCUT2D eigenvalue weighted by atomic mass is 35.5. The Morgan fingerprint density at radius 3 is 2.94 bits per heavy atom. The van der Waals surface area contributed by atoms with Gasteiger partial charge < -0.3 is 4.42 Å². The molecule has 16 heavy (non-hydrogen) atoms. The summed E-state index contributed by atoms with van der Waals surface area (Å²) < 4.78 is 5.51. The Morgan fingerprint density at radius 1 is 1.31 bits per heavy atom. The van der Waals surface area contributed by atoms with Crippen LogP contribution in [-0.4, -0.2) is 21.1 Å². The molecule has 2 rings (SSSR count). The Balaban J connectivity index is 2.18. The zero-order valence-electron chi connectivity index (χ0n) is 8.98. The lowest BCUT2D eigenvalue weighted by Gasteiger charge is -1.95. The van der Waals surface area contributed by atoms with Gasteiger partial charge in [0.2, 0.25) is 11.8 Å². The SMILES string of the molecule is Cc1cncc(-c2nnc(CCCCl)o2)c1. The van der Waals surface area contributed by atoms with Crippen molar-refractivity contribution < 1.29 is 4.42 Å². The summed E-state index contributed by atoms with van der Waals surface area (Å²) in [6.07, 6.45) is 5.06. The Bertz CT molecular complexity index is 470. The fourth-order valence-electron chi connectivity index (χ4n) is 1.36. The largest absolute Gasteiger partial charge is 0.421 e. The second-order valence-corrected chi connectivity index (χ2v) is 3.92. The molecule has 0 unspecified atom stereocenters. The lowest BCUT2D eigenvalue weighted by Crippen LogP contribution is -1.85. The van der Waals surface area contributed by atoms with Crippen LogP contribution in [0.2, 0.25) is 0 Å². The van der Waals surface area contributed by atoms with Crippen molar-refractivity contribution in [3.05, 3.63) is 29.9 Å². The second kappa shape index (κ2) is 5.07. The lowest BCUT2D eigenvalue weighted by molar-refractivity contribution is 0.502. The first-order chi connectivity index (χ1) is 7.79. The van der Waals surface area contributed by atoms with Crippen LogP contribution >= 0.6 is 11.6 Å². The molecule has 0 aromatic carbocycles. The third-order valence-electron chi connectivity index (χ3n) is 2.11. The van der Waals surface area contributed by atoms with Crippen molar-refractivity contribution in [2.75, 3.05) is 5.88 Å². The van der Waals surface area contributed by atoms with Gasteiger partial charge in [-0.1, -0.05) is 0 Å². The van der Waals surface area contributed by atoms with Gasteiger partial charge in [0.15, 0.2) is 0 Å². The van der Waals surface area contributed by atoms with Gasteiger partial charge >= 0.3 is 0 Å².